The van der Waals surface area contributed by atoms with Gasteiger partial charge in [-0.2, -0.15) is 0 Å². The van der Waals surface area contributed by atoms with E-state index in [4.69, 9.17) is 16.3 Å². The van der Waals surface area contributed by atoms with Crippen molar-refractivity contribution in [3.63, 3.8) is 0 Å². The number of hydrogen-bond donors (Lipinski definition) is 1. The van der Waals surface area contributed by atoms with Gasteiger partial charge in [-0.25, -0.2) is 0 Å². The SMILES string of the molecule is Cc1ccccc1Oc1ccc(C(C)O)cc1Cl. The zero-order valence-corrected chi connectivity index (χ0v) is 11.1. The predicted octanol–water partition coefficient (Wildman–Crippen LogP) is 4.49. The molecule has 18 heavy (non-hydrogen) atoms. The quantitative estimate of drug-likeness (QED) is 0.883. The van der Waals surface area contributed by atoms with Crippen LogP contribution in [0.4, 0.5) is 0 Å². The first-order valence-corrected chi connectivity index (χ1v) is 6.16. The highest BCUT2D eigenvalue weighted by Gasteiger charge is 2.08. The molecule has 0 bridgehead atoms. The Morgan fingerprint density at radius 1 is 1.11 bits per heavy atom. The summed E-state index contributed by atoms with van der Waals surface area (Å²) in [6.07, 6.45) is -0.532. The Morgan fingerprint density at radius 3 is 2.44 bits per heavy atom. The second-order valence-corrected chi connectivity index (χ2v) is 4.64. The van der Waals surface area contributed by atoms with Gasteiger partial charge in [-0.3, -0.25) is 0 Å². The molecule has 0 aliphatic rings. The van der Waals surface area contributed by atoms with E-state index >= 15 is 0 Å². The van der Waals surface area contributed by atoms with Gasteiger partial charge in [0, 0.05) is 0 Å². The lowest BCUT2D eigenvalue weighted by Gasteiger charge is -2.12. The van der Waals surface area contributed by atoms with Crippen molar-refractivity contribution in [1.82, 2.24) is 0 Å². The summed E-state index contributed by atoms with van der Waals surface area (Å²) in [5.74, 6) is 1.37. The van der Waals surface area contributed by atoms with Gasteiger partial charge in [0.05, 0.1) is 11.1 Å². The number of aliphatic hydroxyl groups excluding tert-OH is 1. The van der Waals surface area contributed by atoms with E-state index in [1.165, 1.54) is 0 Å². The van der Waals surface area contributed by atoms with E-state index < -0.39 is 6.10 Å². The van der Waals surface area contributed by atoms with E-state index in [1.807, 2.05) is 37.3 Å². The molecule has 1 unspecified atom stereocenters. The average molecular weight is 263 g/mol. The Morgan fingerprint density at radius 2 is 1.83 bits per heavy atom. The largest absolute Gasteiger partial charge is 0.456 e. The minimum absolute atomic E-state index is 0.497. The van der Waals surface area contributed by atoms with Crippen molar-refractivity contribution in [2.75, 3.05) is 0 Å². The zero-order valence-electron chi connectivity index (χ0n) is 10.4. The van der Waals surface area contributed by atoms with Gasteiger partial charge in [-0.1, -0.05) is 35.9 Å². The van der Waals surface area contributed by atoms with E-state index in [0.717, 1.165) is 16.9 Å². The molecule has 2 rings (SSSR count). The van der Waals surface area contributed by atoms with Gasteiger partial charge in [0.15, 0.2) is 0 Å². The number of halogens is 1. The molecule has 0 amide bonds. The third kappa shape index (κ3) is 2.84. The number of ether oxygens (including phenoxy) is 1. The van der Waals surface area contributed by atoms with Crippen LogP contribution in [0.3, 0.4) is 0 Å². The average Bonchev–Trinajstić information content (AvgIpc) is 2.34. The standard InChI is InChI=1S/C15H15ClO2/c1-10-5-3-4-6-14(10)18-15-8-7-12(11(2)17)9-13(15)16/h3-9,11,17H,1-2H3. The normalized spacial score (nSPS) is 12.2. The van der Waals surface area contributed by atoms with Crippen LogP contribution in [0.5, 0.6) is 11.5 Å². The van der Waals surface area contributed by atoms with Gasteiger partial charge in [0.1, 0.15) is 11.5 Å². The highest BCUT2D eigenvalue weighted by molar-refractivity contribution is 6.32. The van der Waals surface area contributed by atoms with Crippen LogP contribution in [0.25, 0.3) is 0 Å². The predicted molar refractivity (Wildman–Crippen MR) is 73.3 cm³/mol. The maximum atomic E-state index is 9.47. The van der Waals surface area contributed by atoms with E-state index in [9.17, 15) is 5.11 Å². The van der Waals surface area contributed by atoms with Crippen molar-refractivity contribution in [3.05, 3.63) is 58.6 Å². The Bertz CT molecular complexity index is 550. The van der Waals surface area contributed by atoms with Gasteiger partial charge < -0.3 is 9.84 Å². The minimum Gasteiger partial charge on any atom is -0.456 e. The molecule has 94 valence electrons. The van der Waals surface area contributed by atoms with Gasteiger partial charge in [0.25, 0.3) is 0 Å². The second-order valence-electron chi connectivity index (χ2n) is 4.23. The summed E-state index contributed by atoms with van der Waals surface area (Å²) in [7, 11) is 0. The minimum atomic E-state index is -0.532. The molecular formula is C15H15ClO2. The molecule has 2 aromatic carbocycles. The van der Waals surface area contributed by atoms with Crippen LogP contribution in [0.1, 0.15) is 24.2 Å². The van der Waals surface area contributed by atoms with Crippen molar-refractivity contribution in [1.29, 1.82) is 0 Å². The van der Waals surface area contributed by atoms with Crippen molar-refractivity contribution in [2.45, 2.75) is 20.0 Å². The fourth-order valence-corrected chi connectivity index (χ4v) is 1.88. The van der Waals surface area contributed by atoms with Crippen LogP contribution in [-0.2, 0) is 0 Å². The van der Waals surface area contributed by atoms with Crippen LogP contribution in [0, 0.1) is 6.92 Å². The number of para-hydroxylation sites is 1. The second kappa shape index (κ2) is 5.42. The molecule has 0 aliphatic carbocycles. The highest BCUT2D eigenvalue weighted by atomic mass is 35.5. The molecule has 2 aromatic rings. The number of rotatable bonds is 3. The molecule has 0 saturated carbocycles. The summed E-state index contributed by atoms with van der Waals surface area (Å²) in [5, 5.41) is 9.97. The maximum Gasteiger partial charge on any atom is 0.146 e. The third-order valence-electron chi connectivity index (χ3n) is 2.75. The summed E-state index contributed by atoms with van der Waals surface area (Å²) in [5.41, 5.74) is 1.82. The third-order valence-corrected chi connectivity index (χ3v) is 3.05. The molecule has 1 N–H and O–H groups in total. The van der Waals surface area contributed by atoms with Gasteiger partial charge >= 0.3 is 0 Å². The first kappa shape index (κ1) is 12.9. The number of hydrogen-bond acceptors (Lipinski definition) is 2. The molecule has 0 aliphatic heterocycles. The molecule has 3 heteroatoms. The van der Waals surface area contributed by atoms with Crippen molar-refractivity contribution >= 4 is 11.6 Å². The van der Waals surface area contributed by atoms with Gasteiger partial charge in [-0.15, -0.1) is 0 Å². The Hall–Kier alpha value is -1.51. The number of aryl methyl sites for hydroxylation is 1. The molecule has 1 atom stereocenters. The lowest BCUT2D eigenvalue weighted by molar-refractivity contribution is 0.199. The maximum absolute atomic E-state index is 9.47. The van der Waals surface area contributed by atoms with Gasteiger partial charge in [-0.05, 0) is 43.2 Å². The van der Waals surface area contributed by atoms with E-state index in [-0.39, 0.29) is 0 Å². The Balaban J connectivity index is 2.28. The summed E-state index contributed by atoms with van der Waals surface area (Å²) in [4.78, 5) is 0. The summed E-state index contributed by atoms with van der Waals surface area (Å²) >= 11 is 6.14. The van der Waals surface area contributed by atoms with Crippen molar-refractivity contribution in [2.24, 2.45) is 0 Å². The van der Waals surface area contributed by atoms with Crippen LogP contribution in [0.2, 0.25) is 5.02 Å². The molecule has 0 spiro atoms. The Kier molecular flexibility index (Phi) is 3.90. The molecule has 0 radical (unpaired) electrons. The smallest absolute Gasteiger partial charge is 0.146 e. The summed E-state index contributed by atoms with van der Waals surface area (Å²) in [6.45, 7) is 3.68. The number of benzene rings is 2. The molecule has 0 heterocycles. The first-order valence-electron chi connectivity index (χ1n) is 5.79. The molecular weight excluding hydrogens is 248 g/mol. The van der Waals surface area contributed by atoms with Crippen molar-refractivity contribution in [3.8, 4) is 11.5 Å². The van der Waals surface area contributed by atoms with Gasteiger partial charge in [0.2, 0.25) is 0 Å². The molecule has 0 aromatic heterocycles. The monoisotopic (exact) mass is 262 g/mol. The summed E-state index contributed by atoms with van der Waals surface area (Å²) < 4.78 is 5.76. The van der Waals surface area contributed by atoms with E-state index in [0.29, 0.717) is 10.8 Å². The molecule has 0 fully saturated rings. The molecule has 0 saturated heterocycles. The fourth-order valence-electron chi connectivity index (χ4n) is 1.65. The fraction of sp³-hybridized carbons (Fsp3) is 0.200. The number of aliphatic hydroxyl groups is 1. The zero-order chi connectivity index (χ0) is 13.1. The van der Waals surface area contributed by atoms with E-state index in [2.05, 4.69) is 0 Å². The van der Waals surface area contributed by atoms with E-state index in [1.54, 1.807) is 19.1 Å². The Labute approximate surface area is 112 Å². The first-order chi connectivity index (χ1) is 8.58. The van der Waals surface area contributed by atoms with Crippen molar-refractivity contribution < 1.29 is 9.84 Å². The lowest BCUT2D eigenvalue weighted by atomic mass is 10.1. The van der Waals surface area contributed by atoms with Crippen LogP contribution in [0.15, 0.2) is 42.5 Å². The van der Waals surface area contributed by atoms with Crippen LogP contribution in [-0.4, -0.2) is 5.11 Å². The van der Waals surface area contributed by atoms with Crippen LogP contribution >= 0.6 is 11.6 Å². The topological polar surface area (TPSA) is 29.5 Å². The van der Waals surface area contributed by atoms with Crippen LogP contribution < -0.4 is 4.74 Å². The summed E-state index contributed by atoms with van der Waals surface area (Å²) in [6, 6.07) is 13.1. The molecule has 2 nitrogen and oxygen atoms in total. The highest BCUT2D eigenvalue weighted by Crippen LogP contribution is 2.32. The lowest BCUT2D eigenvalue weighted by Crippen LogP contribution is -1.93.